The minimum Gasteiger partial charge on any atom is -0.481 e. The molecule has 141 heavy (non-hydrogen) atoms. The zero-order chi connectivity index (χ0) is 108. The lowest BCUT2D eigenvalue weighted by Crippen LogP contribution is -2.23. The summed E-state index contributed by atoms with van der Waals surface area (Å²) in [5, 5.41) is 120. The number of ether oxygens (including phenoxy) is 2. The van der Waals surface area contributed by atoms with Gasteiger partial charge in [-0.25, -0.2) is 4.79 Å². The van der Waals surface area contributed by atoms with Gasteiger partial charge in [-0.2, -0.15) is 0 Å². The number of amides is 1. The second-order valence-corrected chi connectivity index (χ2v) is 37.9. The summed E-state index contributed by atoms with van der Waals surface area (Å²) in [5.74, 6) is -10.7. The standard InChI is InChI=1S/C27H43NO5.C20H38O4.6C10H18O4/c1-27(2,3)33-25(30)17-15-13-11-9-7-5-4-6-8-10-12-14-16-24(29)28-23-20-18-22(19-21-23)26(31)32;1-20(2,3)24-19(23)17-15-13-11-9-7-5-4-6-8-10-12-14-16-18(21)22;6*11-9(12)7-5-3-1-2-4-6-8-10(13)14/h18-21H,4-17H2,1-3H3,(H,28,29)(H,31,32);4-17H2,1-3H3,(H,21,22);6*1-8H2,(H,11,12)(H,13,14). The molecule has 0 aliphatic heterocycles. The van der Waals surface area contributed by atoms with Gasteiger partial charge >= 0.3 is 95.5 Å². The molecular formula is C107H189NO33. The lowest BCUT2D eigenvalue weighted by Gasteiger charge is -2.19. The van der Waals surface area contributed by atoms with E-state index >= 15 is 0 Å². The SMILES string of the molecule is CC(C)(C)OC(=O)CCCCCCCCCCCCCCC(=O)Nc1ccc(C(=O)O)cc1.CC(C)(C)OC(=O)CCCCCCCCCCCCCCC(=O)O.O=C(O)CCCCCCCCC(=O)O.O=C(O)CCCCCCCCC(=O)O.O=C(O)CCCCCCCCC(=O)O.O=C(O)CCCCCCCCC(=O)O.O=C(O)CCCCCCCCC(=O)O.O=C(O)CCCCCCCCC(=O)O. The molecule has 0 aliphatic rings. The fourth-order valence-corrected chi connectivity index (χ4v) is 13.9. The first-order valence-electron chi connectivity index (χ1n) is 52.6. The van der Waals surface area contributed by atoms with Crippen LogP contribution in [0.5, 0.6) is 0 Å². The van der Waals surface area contributed by atoms with Crippen LogP contribution in [0, 0.1) is 0 Å². The highest BCUT2D eigenvalue weighted by Gasteiger charge is 2.18. The lowest BCUT2D eigenvalue weighted by atomic mass is 10.0. The molecule has 15 N–H and O–H groups in total. The van der Waals surface area contributed by atoms with Gasteiger partial charge in [0.05, 0.1) is 5.56 Å². The minimum absolute atomic E-state index is 0.0239. The summed E-state index contributed by atoms with van der Waals surface area (Å²) in [7, 11) is 0. The smallest absolute Gasteiger partial charge is 0.335 e. The lowest BCUT2D eigenvalue weighted by molar-refractivity contribution is -0.156. The molecule has 0 radical (unpaired) electrons. The molecule has 0 aromatic heterocycles. The molecule has 1 rings (SSSR count). The van der Waals surface area contributed by atoms with Gasteiger partial charge in [-0.1, -0.05) is 283 Å². The molecule has 820 valence electrons. The Morgan fingerprint density at radius 3 is 0.404 bits per heavy atom. The van der Waals surface area contributed by atoms with Gasteiger partial charge in [0.15, 0.2) is 0 Å². The molecule has 0 bridgehead atoms. The number of carboxylic acids is 14. The van der Waals surface area contributed by atoms with E-state index in [1.54, 1.807) is 12.1 Å². The van der Waals surface area contributed by atoms with Crippen molar-refractivity contribution in [3.05, 3.63) is 29.8 Å². The highest BCUT2D eigenvalue weighted by atomic mass is 16.6. The highest BCUT2D eigenvalue weighted by molar-refractivity contribution is 5.92. The average molecular weight is 2020 g/mol. The maximum atomic E-state index is 12.0. The molecule has 1 aromatic rings. The number of hydrogen-bond donors (Lipinski definition) is 15. The number of aliphatic carboxylic acids is 13. The Morgan fingerprint density at radius 2 is 0.291 bits per heavy atom. The first-order chi connectivity index (χ1) is 66.7. The molecule has 1 aromatic carbocycles. The van der Waals surface area contributed by atoms with Crippen molar-refractivity contribution in [1.82, 2.24) is 0 Å². The van der Waals surface area contributed by atoms with E-state index in [0.29, 0.717) is 31.4 Å². The monoisotopic (exact) mass is 2020 g/mol. The molecule has 0 unspecified atom stereocenters. The number of nitrogens with one attached hydrogen (secondary N) is 1. The van der Waals surface area contributed by atoms with Crippen molar-refractivity contribution in [1.29, 1.82) is 0 Å². The third-order valence-electron chi connectivity index (χ3n) is 21.5. The van der Waals surface area contributed by atoms with Crippen LogP contribution in [0.2, 0.25) is 0 Å². The largest absolute Gasteiger partial charge is 0.481 e. The van der Waals surface area contributed by atoms with E-state index in [1.165, 1.54) is 102 Å². The van der Waals surface area contributed by atoms with Crippen LogP contribution in [0.25, 0.3) is 0 Å². The average Bonchev–Trinajstić information content (AvgIpc) is 0.890. The summed E-state index contributed by atoms with van der Waals surface area (Å²) in [4.78, 5) is 178. The number of carbonyl (C=O) groups excluding carboxylic acids is 3. The normalized spacial score (nSPS) is 10.5. The predicted molar refractivity (Wildman–Crippen MR) is 544 cm³/mol. The number of hydrogen-bond acceptors (Lipinski definition) is 19. The van der Waals surface area contributed by atoms with Crippen molar-refractivity contribution in [2.45, 2.75) is 541 Å². The van der Waals surface area contributed by atoms with Crippen LogP contribution in [-0.4, -0.2) is 184 Å². The zero-order valence-corrected chi connectivity index (χ0v) is 87.1. The number of benzene rings is 1. The van der Waals surface area contributed by atoms with E-state index < -0.39 is 83.6 Å². The number of carbonyl (C=O) groups is 17. The van der Waals surface area contributed by atoms with Crippen LogP contribution in [0.15, 0.2) is 24.3 Å². The van der Waals surface area contributed by atoms with E-state index in [1.807, 2.05) is 41.5 Å². The third-order valence-corrected chi connectivity index (χ3v) is 21.5. The topological polar surface area (TPSA) is 604 Å². The number of anilines is 1. The first kappa shape index (κ1) is 144. The molecule has 34 nitrogen and oxygen atoms in total. The third kappa shape index (κ3) is 153. The van der Waals surface area contributed by atoms with Gasteiger partial charge in [-0.05, 0) is 169 Å². The van der Waals surface area contributed by atoms with Gasteiger partial charge < -0.3 is 86.3 Å². The molecule has 0 spiro atoms. The fraction of sp³-hybridized carbons (Fsp3) is 0.785. The number of unbranched alkanes of at least 4 members (excludes halogenated alkanes) is 52. The maximum Gasteiger partial charge on any atom is 0.335 e. The van der Waals surface area contributed by atoms with E-state index in [-0.39, 0.29) is 112 Å². The molecule has 0 heterocycles. The van der Waals surface area contributed by atoms with Crippen LogP contribution < -0.4 is 5.32 Å². The van der Waals surface area contributed by atoms with Crippen molar-refractivity contribution >= 4 is 107 Å². The van der Waals surface area contributed by atoms with Crippen LogP contribution >= 0.6 is 0 Å². The Hall–Kier alpha value is -9.79. The quantitative estimate of drug-likeness (QED) is 0.0213. The second-order valence-electron chi connectivity index (χ2n) is 37.9. The molecule has 1 amide bonds. The van der Waals surface area contributed by atoms with Gasteiger partial charge in [-0.15, -0.1) is 0 Å². The van der Waals surface area contributed by atoms with Gasteiger partial charge in [0.2, 0.25) is 5.91 Å². The second kappa shape index (κ2) is 107. The molecular weight excluding hydrogens is 1830 g/mol. The number of rotatable bonds is 86. The van der Waals surface area contributed by atoms with E-state index in [2.05, 4.69) is 5.32 Å². The Morgan fingerprint density at radius 1 is 0.177 bits per heavy atom. The maximum absolute atomic E-state index is 12.0. The Kier molecular flexibility index (Phi) is 110. The van der Waals surface area contributed by atoms with Gasteiger partial charge in [0, 0.05) is 108 Å². The predicted octanol–water partition coefficient (Wildman–Crippen LogP) is 26.7. The summed E-state index contributed by atoms with van der Waals surface area (Å²) < 4.78 is 10.6. The van der Waals surface area contributed by atoms with Crippen molar-refractivity contribution in [3.63, 3.8) is 0 Å². The fourth-order valence-electron chi connectivity index (χ4n) is 13.9. The minimum atomic E-state index is -0.972. The highest BCUT2D eigenvalue weighted by Crippen LogP contribution is 2.21. The van der Waals surface area contributed by atoms with E-state index in [9.17, 15) is 81.5 Å². The van der Waals surface area contributed by atoms with E-state index in [0.717, 1.165) is 295 Å². The first-order valence-corrected chi connectivity index (χ1v) is 52.6. The summed E-state index contributed by atoms with van der Waals surface area (Å²) in [6.45, 7) is 11.4. The van der Waals surface area contributed by atoms with Crippen LogP contribution in [0.4, 0.5) is 5.69 Å². The van der Waals surface area contributed by atoms with Crippen molar-refractivity contribution in [2.24, 2.45) is 0 Å². The summed E-state index contributed by atoms with van der Waals surface area (Å²) in [5.41, 5.74) is 0.0922. The molecule has 0 fully saturated rings. The van der Waals surface area contributed by atoms with Gasteiger partial charge in [0.1, 0.15) is 11.2 Å². The van der Waals surface area contributed by atoms with Crippen LogP contribution in [0.1, 0.15) is 540 Å². The molecule has 0 saturated carbocycles. The van der Waals surface area contributed by atoms with E-state index in [4.69, 9.17) is 81.0 Å². The number of aromatic carboxylic acids is 1. The molecule has 34 heteroatoms. The zero-order valence-electron chi connectivity index (χ0n) is 87.1. The van der Waals surface area contributed by atoms with Gasteiger partial charge in [-0.3, -0.25) is 76.7 Å². The van der Waals surface area contributed by atoms with Crippen LogP contribution in [-0.2, 0) is 86.2 Å². The number of esters is 2. The summed E-state index contributed by atoms with van der Waals surface area (Å²) in [6.07, 6.45) is 64.5. The Bertz CT molecular complexity index is 2900. The molecule has 0 saturated heterocycles. The summed E-state index contributed by atoms with van der Waals surface area (Å²) >= 11 is 0. The van der Waals surface area contributed by atoms with Crippen molar-refractivity contribution < 1.29 is 162 Å². The summed E-state index contributed by atoms with van der Waals surface area (Å²) in [6, 6.07) is 6.21. The van der Waals surface area contributed by atoms with Crippen molar-refractivity contribution in [2.75, 3.05) is 5.32 Å². The Labute approximate surface area is 841 Å². The molecule has 0 atom stereocenters. The molecule has 0 aliphatic carbocycles. The Balaban J connectivity index is -0.000000299. The van der Waals surface area contributed by atoms with Gasteiger partial charge in [0.25, 0.3) is 0 Å². The van der Waals surface area contributed by atoms with Crippen LogP contribution in [0.3, 0.4) is 0 Å². The van der Waals surface area contributed by atoms with Crippen molar-refractivity contribution in [3.8, 4) is 0 Å². The number of carboxylic acid groups (broad SMARTS) is 14.